The van der Waals surface area contributed by atoms with Crippen molar-refractivity contribution < 1.29 is 14.3 Å². The van der Waals surface area contributed by atoms with Gasteiger partial charge in [0.15, 0.2) is 0 Å². The molecule has 0 aromatic carbocycles. The van der Waals surface area contributed by atoms with Crippen LogP contribution < -0.4 is 0 Å². The number of methoxy groups -OCH3 is 1. The summed E-state index contributed by atoms with van der Waals surface area (Å²) in [4.78, 5) is 11.9. The van der Waals surface area contributed by atoms with E-state index in [-0.39, 0.29) is 18.6 Å². The molecule has 0 heterocycles. The third kappa shape index (κ3) is 11.0. The van der Waals surface area contributed by atoms with Crippen molar-refractivity contribution in [3.05, 3.63) is 0 Å². The van der Waals surface area contributed by atoms with Gasteiger partial charge in [0.1, 0.15) is 19.2 Å². The number of carbonyl (C=O) groups is 1. The van der Waals surface area contributed by atoms with Crippen LogP contribution >= 0.6 is 0 Å². The Morgan fingerprint density at radius 2 is 1.95 bits per heavy atom. The van der Waals surface area contributed by atoms with Gasteiger partial charge in [-0.25, -0.2) is 0 Å². The molecule has 0 amide bonds. The van der Waals surface area contributed by atoms with E-state index in [4.69, 9.17) is 9.47 Å². The molecule has 0 spiro atoms. The van der Waals surface area contributed by atoms with Crippen molar-refractivity contribution in [2.24, 2.45) is 11.8 Å². The van der Waals surface area contributed by atoms with E-state index in [9.17, 15) is 4.79 Å². The van der Waals surface area contributed by atoms with E-state index in [1.165, 1.54) is 19.3 Å². The van der Waals surface area contributed by atoms with Crippen molar-refractivity contribution in [3.63, 3.8) is 0 Å². The summed E-state index contributed by atoms with van der Waals surface area (Å²) >= 11 is 0. The highest BCUT2D eigenvalue weighted by Crippen LogP contribution is 2.16. The fourth-order valence-electron chi connectivity index (χ4n) is 1.88. The van der Waals surface area contributed by atoms with Crippen molar-refractivity contribution in [3.8, 4) is 11.8 Å². The van der Waals surface area contributed by atoms with E-state index in [1.807, 2.05) is 13.8 Å². The van der Waals surface area contributed by atoms with Gasteiger partial charge in [0, 0.05) is 25.4 Å². The minimum atomic E-state index is 0.0969. The molecule has 0 aromatic heterocycles. The Kier molecular flexibility index (Phi) is 12.6. The second-order valence-electron chi connectivity index (χ2n) is 5.45. The predicted octanol–water partition coefficient (Wildman–Crippen LogP) is 3.81. The van der Waals surface area contributed by atoms with Gasteiger partial charge in [-0.1, -0.05) is 58.3 Å². The number of carbonyl (C=O) groups excluding carboxylic acids is 1. The number of unbranched alkanes of at least 4 members (excludes halogenated alkanes) is 3. The number of ketones is 1. The molecule has 0 aromatic rings. The maximum atomic E-state index is 11.9. The lowest BCUT2D eigenvalue weighted by Gasteiger charge is -2.11. The zero-order chi connectivity index (χ0) is 15.2. The van der Waals surface area contributed by atoms with Gasteiger partial charge in [0.2, 0.25) is 0 Å². The predicted molar refractivity (Wildman–Crippen MR) is 82.3 cm³/mol. The number of hydrogen-bond donors (Lipinski definition) is 0. The lowest BCUT2D eigenvalue weighted by Crippen LogP contribution is -2.13. The molecule has 0 bridgehead atoms. The monoisotopic (exact) mass is 282 g/mol. The van der Waals surface area contributed by atoms with Gasteiger partial charge in [-0.3, -0.25) is 4.79 Å². The molecular formula is C17H30O3. The first-order valence-corrected chi connectivity index (χ1v) is 7.69. The van der Waals surface area contributed by atoms with E-state index in [0.29, 0.717) is 18.8 Å². The third-order valence-corrected chi connectivity index (χ3v) is 3.18. The molecule has 0 radical (unpaired) electrons. The summed E-state index contributed by atoms with van der Waals surface area (Å²) < 4.78 is 9.94. The smallest absolute Gasteiger partial charge is 0.147 e. The molecule has 0 saturated carbocycles. The summed E-state index contributed by atoms with van der Waals surface area (Å²) in [7, 11) is 1.59. The average Bonchev–Trinajstić information content (AvgIpc) is 2.42. The summed E-state index contributed by atoms with van der Waals surface area (Å²) in [5, 5.41) is 0. The first-order chi connectivity index (χ1) is 9.61. The van der Waals surface area contributed by atoms with Gasteiger partial charge in [-0.15, -0.1) is 0 Å². The highest BCUT2D eigenvalue weighted by atomic mass is 16.7. The second-order valence-corrected chi connectivity index (χ2v) is 5.45. The van der Waals surface area contributed by atoms with Crippen LogP contribution in [-0.4, -0.2) is 26.3 Å². The van der Waals surface area contributed by atoms with Crippen molar-refractivity contribution in [2.75, 3.05) is 20.5 Å². The molecule has 0 saturated heterocycles. The Labute approximate surface area is 124 Å². The first kappa shape index (κ1) is 19.1. The number of hydrogen-bond acceptors (Lipinski definition) is 3. The Morgan fingerprint density at radius 1 is 1.20 bits per heavy atom. The van der Waals surface area contributed by atoms with Crippen LogP contribution in [0, 0.1) is 23.7 Å². The summed E-state index contributed by atoms with van der Waals surface area (Å²) in [5.41, 5.74) is 0. The number of rotatable bonds is 11. The molecule has 20 heavy (non-hydrogen) atoms. The van der Waals surface area contributed by atoms with E-state index in [0.717, 1.165) is 12.8 Å². The van der Waals surface area contributed by atoms with Crippen molar-refractivity contribution >= 4 is 5.78 Å². The molecule has 0 aliphatic heterocycles. The van der Waals surface area contributed by atoms with Gasteiger partial charge < -0.3 is 9.47 Å². The van der Waals surface area contributed by atoms with Gasteiger partial charge in [0.05, 0.1) is 0 Å². The minimum Gasteiger partial charge on any atom is -0.359 e. The maximum Gasteiger partial charge on any atom is 0.147 e. The Balaban J connectivity index is 4.19. The zero-order valence-corrected chi connectivity index (χ0v) is 13.5. The molecule has 1 unspecified atom stereocenters. The average molecular weight is 282 g/mol. The Morgan fingerprint density at radius 3 is 2.55 bits per heavy atom. The van der Waals surface area contributed by atoms with Crippen molar-refractivity contribution in [1.82, 2.24) is 0 Å². The highest BCUT2D eigenvalue weighted by Gasteiger charge is 2.14. The molecule has 3 heteroatoms. The van der Waals surface area contributed by atoms with Crippen LogP contribution in [0.4, 0.5) is 0 Å². The van der Waals surface area contributed by atoms with Crippen LogP contribution in [0.5, 0.6) is 0 Å². The molecule has 0 rings (SSSR count). The van der Waals surface area contributed by atoms with Crippen LogP contribution in [0.1, 0.15) is 59.3 Å². The van der Waals surface area contributed by atoms with Crippen LogP contribution in [0.25, 0.3) is 0 Å². The van der Waals surface area contributed by atoms with E-state index in [2.05, 4.69) is 18.8 Å². The van der Waals surface area contributed by atoms with Gasteiger partial charge in [-0.2, -0.15) is 0 Å². The molecule has 0 aliphatic rings. The van der Waals surface area contributed by atoms with Gasteiger partial charge in [0.25, 0.3) is 0 Å². The topological polar surface area (TPSA) is 35.5 Å². The minimum absolute atomic E-state index is 0.0969. The first-order valence-electron chi connectivity index (χ1n) is 7.69. The van der Waals surface area contributed by atoms with Gasteiger partial charge in [-0.05, 0) is 6.42 Å². The summed E-state index contributed by atoms with van der Waals surface area (Å²) in [5.74, 6) is 6.77. The van der Waals surface area contributed by atoms with Gasteiger partial charge >= 0.3 is 0 Å². The molecule has 0 fully saturated rings. The maximum absolute atomic E-state index is 11.9. The van der Waals surface area contributed by atoms with Crippen molar-refractivity contribution in [1.29, 1.82) is 0 Å². The fraction of sp³-hybridized carbons (Fsp3) is 0.824. The zero-order valence-electron chi connectivity index (χ0n) is 13.5. The number of Topliss-reactive ketones (excluding diaryl/α,β-unsaturated/α-hetero) is 1. The van der Waals surface area contributed by atoms with E-state index >= 15 is 0 Å². The molecule has 116 valence electrons. The lowest BCUT2D eigenvalue weighted by atomic mass is 9.92. The molecular weight excluding hydrogens is 252 g/mol. The van der Waals surface area contributed by atoms with Crippen LogP contribution in [-0.2, 0) is 14.3 Å². The summed E-state index contributed by atoms with van der Waals surface area (Å²) in [6.07, 6.45) is 6.44. The molecule has 0 N–H and O–H groups in total. The Hall–Kier alpha value is -0.850. The van der Waals surface area contributed by atoms with Crippen LogP contribution in [0.2, 0.25) is 0 Å². The molecule has 1 atom stereocenters. The van der Waals surface area contributed by atoms with Crippen molar-refractivity contribution in [2.45, 2.75) is 59.3 Å². The molecule has 3 nitrogen and oxygen atoms in total. The quantitative estimate of drug-likeness (QED) is 0.328. The number of ether oxygens (including phenoxy) is 2. The van der Waals surface area contributed by atoms with Crippen LogP contribution in [0.15, 0.2) is 0 Å². The fourth-order valence-corrected chi connectivity index (χ4v) is 1.88. The SMILES string of the molecule is CCCCCCC(C#CCOCOC)CC(=O)C(C)C. The summed E-state index contributed by atoms with van der Waals surface area (Å²) in [6, 6.07) is 0. The molecule has 0 aliphatic carbocycles. The third-order valence-electron chi connectivity index (χ3n) is 3.18. The highest BCUT2D eigenvalue weighted by molar-refractivity contribution is 5.80. The lowest BCUT2D eigenvalue weighted by molar-refractivity contribution is -0.122. The van der Waals surface area contributed by atoms with E-state index < -0.39 is 0 Å². The van der Waals surface area contributed by atoms with E-state index in [1.54, 1.807) is 7.11 Å². The Bertz CT molecular complexity index is 299. The summed E-state index contributed by atoms with van der Waals surface area (Å²) in [6.45, 7) is 6.74. The standard InChI is InChI=1S/C17H30O3/c1-5-6-7-8-10-16(13-17(18)15(2)3)11-9-12-20-14-19-4/h15-16H,5-8,10,12-14H2,1-4H3. The van der Waals surface area contributed by atoms with Crippen LogP contribution in [0.3, 0.4) is 0 Å². The normalized spacial score (nSPS) is 12.1. The largest absolute Gasteiger partial charge is 0.359 e. The second kappa shape index (κ2) is 13.1.